The SMILES string of the molecule is Cc1ccc(OCC(O)Cn2c(CNC(=O)c3ccccc3)nc3ccccc32)cc1. The Bertz CT molecular complexity index is 1150. The van der Waals surface area contributed by atoms with Crippen molar-refractivity contribution in [1.29, 1.82) is 0 Å². The van der Waals surface area contributed by atoms with Gasteiger partial charge in [-0.05, 0) is 43.3 Å². The van der Waals surface area contributed by atoms with Crippen LogP contribution in [0.2, 0.25) is 0 Å². The van der Waals surface area contributed by atoms with Gasteiger partial charge in [0.1, 0.15) is 24.3 Å². The smallest absolute Gasteiger partial charge is 0.251 e. The van der Waals surface area contributed by atoms with Gasteiger partial charge in [0.2, 0.25) is 0 Å². The van der Waals surface area contributed by atoms with Crippen LogP contribution >= 0.6 is 0 Å². The average molecular weight is 415 g/mol. The fourth-order valence-corrected chi connectivity index (χ4v) is 3.41. The zero-order valence-corrected chi connectivity index (χ0v) is 17.4. The maximum absolute atomic E-state index is 12.4. The topological polar surface area (TPSA) is 76.4 Å². The van der Waals surface area contributed by atoms with Crippen LogP contribution in [0.5, 0.6) is 5.75 Å². The molecule has 1 atom stereocenters. The number of hydrogen-bond acceptors (Lipinski definition) is 4. The van der Waals surface area contributed by atoms with Gasteiger partial charge in [0, 0.05) is 5.56 Å². The van der Waals surface area contributed by atoms with Crippen molar-refractivity contribution in [2.45, 2.75) is 26.1 Å². The lowest BCUT2D eigenvalue weighted by molar-refractivity contribution is 0.0917. The van der Waals surface area contributed by atoms with Gasteiger partial charge in [-0.2, -0.15) is 0 Å². The van der Waals surface area contributed by atoms with Gasteiger partial charge in [-0.25, -0.2) is 4.98 Å². The number of aliphatic hydroxyl groups is 1. The zero-order chi connectivity index (χ0) is 21.6. The number of aliphatic hydroxyl groups excluding tert-OH is 1. The van der Waals surface area contributed by atoms with Gasteiger partial charge in [0.25, 0.3) is 5.91 Å². The summed E-state index contributed by atoms with van der Waals surface area (Å²) in [4.78, 5) is 17.1. The fraction of sp³-hybridized carbons (Fsp3) is 0.200. The number of hydrogen-bond donors (Lipinski definition) is 2. The van der Waals surface area contributed by atoms with Crippen molar-refractivity contribution in [1.82, 2.24) is 14.9 Å². The molecule has 0 aliphatic carbocycles. The molecule has 2 N–H and O–H groups in total. The van der Waals surface area contributed by atoms with Crippen molar-refractivity contribution in [3.63, 3.8) is 0 Å². The summed E-state index contributed by atoms with van der Waals surface area (Å²) in [5.74, 6) is 1.23. The lowest BCUT2D eigenvalue weighted by Crippen LogP contribution is -2.28. The molecule has 1 aromatic heterocycles. The second kappa shape index (κ2) is 9.45. The van der Waals surface area contributed by atoms with E-state index in [-0.39, 0.29) is 19.1 Å². The number of carbonyl (C=O) groups is 1. The van der Waals surface area contributed by atoms with E-state index < -0.39 is 6.10 Å². The molecular weight excluding hydrogens is 390 g/mol. The third-order valence-corrected chi connectivity index (χ3v) is 5.03. The molecule has 4 aromatic rings. The van der Waals surface area contributed by atoms with Crippen LogP contribution in [0.1, 0.15) is 21.7 Å². The summed E-state index contributed by atoms with van der Waals surface area (Å²) in [6.07, 6.45) is -0.734. The Morgan fingerprint density at radius 1 is 1.03 bits per heavy atom. The van der Waals surface area contributed by atoms with E-state index in [0.717, 1.165) is 22.3 Å². The van der Waals surface area contributed by atoms with Crippen LogP contribution < -0.4 is 10.1 Å². The number of nitrogens with one attached hydrogen (secondary N) is 1. The Kier molecular flexibility index (Phi) is 6.29. The van der Waals surface area contributed by atoms with Crippen LogP contribution in [0.15, 0.2) is 78.9 Å². The highest BCUT2D eigenvalue weighted by Crippen LogP contribution is 2.18. The second-order valence-corrected chi connectivity index (χ2v) is 7.45. The third kappa shape index (κ3) is 5.10. The number of fused-ring (bicyclic) bond motifs is 1. The first-order valence-electron chi connectivity index (χ1n) is 10.2. The lowest BCUT2D eigenvalue weighted by atomic mass is 10.2. The Morgan fingerprint density at radius 3 is 2.52 bits per heavy atom. The van der Waals surface area contributed by atoms with Crippen LogP contribution in [0.4, 0.5) is 0 Å². The predicted octanol–water partition coefficient (Wildman–Crippen LogP) is 3.71. The molecule has 0 spiro atoms. The van der Waals surface area contributed by atoms with E-state index in [1.807, 2.05) is 78.2 Å². The fourth-order valence-electron chi connectivity index (χ4n) is 3.41. The molecule has 0 bridgehead atoms. The van der Waals surface area contributed by atoms with Gasteiger partial charge in [-0.1, -0.05) is 48.0 Å². The largest absolute Gasteiger partial charge is 0.491 e. The molecule has 0 radical (unpaired) electrons. The van der Waals surface area contributed by atoms with Crippen LogP contribution in [0.3, 0.4) is 0 Å². The molecule has 0 aliphatic rings. The van der Waals surface area contributed by atoms with Gasteiger partial charge < -0.3 is 19.7 Å². The van der Waals surface area contributed by atoms with E-state index >= 15 is 0 Å². The average Bonchev–Trinajstić information content (AvgIpc) is 3.15. The molecule has 31 heavy (non-hydrogen) atoms. The van der Waals surface area contributed by atoms with Crippen molar-refractivity contribution in [2.24, 2.45) is 0 Å². The molecule has 0 fully saturated rings. The number of imidazole rings is 1. The lowest BCUT2D eigenvalue weighted by Gasteiger charge is -2.16. The van der Waals surface area contributed by atoms with E-state index in [9.17, 15) is 9.90 Å². The van der Waals surface area contributed by atoms with E-state index in [1.165, 1.54) is 0 Å². The summed E-state index contributed by atoms with van der Waals surface area (Å²) < 4.78 is 7.66. The third-order valence-electron chi connectivity index (χ3n) is 5.03. The zero-order valence-electron chi connectivity index (χ0n) is 17.4. The van der Waals surface area contributed by atoms with Crippen LogP contribution in [-0.4, -0.2) is 33.3 Å². The standard InChI is InChI=1S/C25H25N3O3/c1-18-11-13-21(14-12-18)31-17-20(29)16-28-23-10-6-5-9-22(23)27-24(28)15-26-25(30)19-7-3-2-4-8-19/h2-14,20,29H,15-17H2,1H3,(H,26,30). The van der Waals surface area contributed by atoms with Crippen molar-refractivity contribution in [2.75, 3.05) is 6.61 Å². The van der Waals surface area contributed by atoms with Crippen molar-refractivity contribution >= 4 is 16.9 Å². The summed E-state index contributed by atoms with van der Waals surface area (Å²) in [6.45, 7) is 2.74. The van der Waals surface area contributed by atoms with E-state index in [1.54, 1.807) is 12.1 Å². The minimum Gasteiger partial charge on any atom is -0.491 e. The quantitative estimate of drug-likeness (QED) is 0.460. The number of benzene rings is 3. The minimum atomic E-state index is -0.734. The van der Waals surface area contributed by atoms with Crippen LogP contribution in [-0.2, 0) is 13.1 Å². The Labute approximate surface area is 181 Å². The molecule has 158 valence electrons. The normalized spacial score (nSPS) is 11.9. The number of nitrogens with zero attached hydrogens (tertiary/aromatic N) is 2. The molecule has 3 aromatic carbocycles. The molecular formula is C25H25N3O3. The number of aryl methyl sites for hydroxylation is 1. The van der Waals surface area contributed by atoms with E-state index in [4.69, 9.17) is 4.74 Å². The molecule has 0 saturated carbocycles. The molecule has 0 saturated heterocycles. The number of para-hydroxylation sites is 2. The first-order valence-corrected chi connectivity index (χ1v) is 10.2. The first-order chi connectivity index (χ1) is 15.1. The summed E-state index contributed by atoms with van der Waals surface area (Å²) in [5, 5.41) is 13.5. The number of ether oxygens (including phenoxy) is 1. The maximum atomic E-state index is 12.4. The number of carbonyl (C=O) groups excluding carboxylic acids is 1. The molecule has 4 rings (SSSR count). The van der Waals surface area contributed by atoms with Crippen molar-refractivity contribution in [3.8, 4) is 5.75 Å². The Morgan fingerprint density at radius 2 is 1.74 bits per heavy atom. The molecule has 1 amide bonds. The Hall–Kier alpha value is -3.64. The van der Waals surface area contributed by atoms with Crippen molar-refractivity contribution in [3.05, 3.63) is 95.8 Å². The first kappa shape index (κ1) is 20.6. The molecule has 1 unspecified atom stereocenters. The van der Waals surface area contributed by atoms with Crippen LogP contribution in [0.25, 0.3) is 11.0 Å². The summed E-state index contributed by atoms with van der Waals surface area (Å²) in [7, 11) is 0. The number of aromatic nitrogens is 2. The molecule has 6 nitrogen and oxygen atoms in total. The number of rotatable bonds is 8. The molecule has 1 heterocycles. The molecule has 0 aliphatic heterocycles. The Balaban J connectivity index is 1.46. The van der Waals surface area contributed by atoms with Gasteiger partial charge in [-0.15, -0.1) is 0 Å². The number of amides is 1. The van der Waals surface area contributed by atoms with E-state index in [2.05, 4.69) is 10.3 Å². The van der Waals surface area contributed by atoms with Gasteiger partial charge >= 0.3 is 0 Å². The van der Waals surface area contributed by atoms with Gasteiger partial charge in [0.15, 0.2) is 0 Å². The summed E-state index contributed by atoms with van der Waals surface area (Å²) in [5.41, 5.74) is 3.47. The second-order valence-electron chi connectivity index (χ2n) is 7.45. The minimum absolute atomic E-state index is 0.158. The summed E-state index contributed by atoms with van der Waals surface area (Å²) in [6, 6.07) is 24.5. The predicted molar refractivity (Wildman–Crippen MR) is 120 cm³/mol. The highest BCUT2D eigenvalue weighted by molar-refractivity contribution is 5.94. The molecule has 6 heteroatoms. The van der Waals surface area contributed by atoms with Gasteiger partial charge in [-0.3, -0.25) is 4.79 Å². The monoisotopic (exact) mass is 415 g/mol. The van der Waals surface area contributed by atoms with E-state index in [0.29, 0.717) is 17.9 Å². The highest BCUT2D eigenvalue weighted by atomic mass is 16.5. The summed E-state index contributed by atoms with van der Waals surface area (Å²) >= 11 is 0. The maximum Gasteiger partial charge on any atom is 0.251 e. The van der Waals surface area contributed by atoms with Gasteiger partial charge in [0.05, 0.1) is 24.1 Å². The van der Waals surface area contributed by atoms with Crippen LogP contribution in [0, 0.1) is 6.92 Å². The highest BCUT2D eigenvalue weighted by Gasteiger charge is 2.16. The van der Waals surface area contributed by atoms with Crippen molar-refractivity contribution < 1.29 is 14.6 Å².